The van der Waals surface area contributed by atoms with Crippen molar-refractivity contribution in [2.24, 2.45) is 5.92 Å². The molecule has 1 amide bonds. The van der Waals surface area contributed by atoms with Crippen molar-refractivity contribution in [1.82, 2.24) is 4.98 Å². The summed E-state index contributed by atoms with van der Waals surface area (Å²) in [6.07, 6.45) is 6.66. The summed E-state index contributed by atoms with van der Waals surface area (Å²) in [7, 11) is 0. The molecule has 1 aromatic carbocycles. The SMILES string of the molecule is CCOC(=O)c1sc(NC(=O)CC2C=CCC2)nc1-c1ccccc1. The van der Waals surface area contributed by atoms with E-state index in [9.17, 15) is 9.59 Å². The summed E-state index contributed by atoms with van der Waals surface area (Å²) in [5.74, 6) is -0.212. The number of hydrogen-bond donors (Lipinski definition) is 1. The fourth-order valence-electron chi connectivity index (χ4n) is 2.77. The van der Waals surface area contributed by atoms with Crippen LogP contribution in [0.2, 0.25) is 0 Å². The first-order valence-electron chi connectivity index (χ1n) is 8.37. The molecule has 1 aliphatic rings. The Kier molecular flexibility index (Phi) is 5.60. The van der Waals surface area contributed by atoms with Gasteiger partial charge in [0.2, 0.25) is 5.91 Å². The first-order chi connectivity index (χ1) is 12.2. The molecule has 1 atom stereocenters. The molecule has 1 heterocycles. The summed E-state index contributed by atoms with van der Waals surface area (Å²) in [6.45, 7) is 2.06. The Morgan fingerprint density at radius 2 is 2.12 bits per heavy atom. The molecule has 6 heteroatoms. The zero-order chi connectivity index (χ0) is 17.6. The third kappa shape index (κ3) is 4.33. The summed E-state index contributed by atoms with van der Waals surface area (Å²) in [6, 6.07) is 9.43. The van der Waals surface area contributed by atoms with E-state index in [4.69, 9.17) is 4.74 Å². The van der Waals surface area contributed by atoms with Gasteiger partial charge in [-0.1, -0.05) is 53.8 Å². The third-order valence-corrected chi connectivity index (χ3v) is 4.89. The van der Waals surface area contributed by atoms with Crippen molar-refractivity contribution in [2.45, 2.75) is 26.2 Å². The van der Waals surface area contributed by atoms with E-state index in [1.807, 2.05) is 30.3 Å². The van der Waals surface area contributed by atoms with Crippen molar-refractivity contribution in [1.29, 1.82) is 0 Å². The van der Waals surface area contributed by atoms with Crippen LogP contribution in [0.25, 0.3) is 11.3 Å². The Morgan fingerprint density at radius 3 is 2.80 bits per heavy atom. The minimum Gasteiger partial charge on any atom is -0.462 e. The number of thiazole rings is 1. The second-order valence-corrected chi connectivity index (χ2v) is 6.80. The number of nitrogens with zero attached hydrogens (tertiary/aromatic N) is 1. The van der Waals surface area contributed by atoms with Gasteiger partial charge in [0.15, 0.2) is 5.13 Å². The normalized spacial score (nSPS) is 16.0. The number of allylic oxidation sites excluding steroid dienone is 2. The summed E-state index contributed by atoms with van der Waals surface area (Å²) in [5, 5.41) is 3.25. The fourth-order valence-corrected chi connectivity index (χ4v) is 3.67. The molecule has 3 rings (SSSR count). The van der Waals surface area contributed by atoms with E-state index in [2.05, 4.69) is 22.5 Å². The predicted octanol–water partition coefficient (Wildman–Crippen LogP) is 4.28. The maximum absolute atomic E-state index is 12.2. The van der Waals surface area contributed by atoms with Gasteiger partial charge >= 0.3 is 5.97 Å². The highest BCUT2D eigenvalue weighted by atomic mass is 32.1. The standard InChI is InChI=1S/C19H20N2O3S/c1-2-24-18(23)17-16(14-10-4-3-5-11-14)21-19(25-17)20-15(22)12-13-8-6-7-9-13/h3-6,8,10-11,13H,2,7,9,12H2,1H3,(H,20,21,22). The maximum atomic E-state index is 12.2. The first kappa shape index (κ1) is 17.4. The first-order valence-corrected chi connectivity index (χ1v) is 9.19. The van der Waals surface area contributed by atoms with Gasteiger partial charge in [0.05, 0.1) is 12.3 Å². The molecule has 130 valence electrons. The minimum atomic E-state index is -0.418. The van der Waals surface area contributed by atoms with Crippen molar-refractivity contribution < 1.29 is 14.3 Å². The lowest BCUT2D eigenvalue weighted by Gasteiger charge is -2.06. The van der Waals surface area contributed by atoms with Gasteiger partial charge in [-0.25, -0.2) is 9.78 Å². The van der Waals surface area contributed by atoms with Crippen LogP contribution in [0, 0.1) is 5.92 Å². The average molecular weight is 356 g/mol. The molecule has 0 radical (unpaired) electrons. The molecule has 0 bridgehead atoms. The van der Waals surface area contributed by atoms with E-state index in [-0.39, 0.29) is 11.8 Å². The largest absolute Gasteiger partial charge is 0.462 e. The van der Waals surface area contributed by atoms with Crippen LogP contribution >= 0.6 is 11.3 Å². The van der Waals surface area contributed by atoms with E-state index in [1.54, 1.807) is 6.92 Å². The zero-order valence-electron chi connectivity index (χ0n) is 14.0. The lowest BCUT2D eigenvalue weighted by molar-refractivity contribution is -0.116. The maximum Gasteiger partial charge on any atom is 0.350 e. The highest BCUT2D eigenvalue weighted by molar-refractivity contribution is 7.18. The Bertz CT molecular complexity index is 783. The Labute approximate surface area is 150 Å². The number of amides is 1. The molecular weight excluding hydrogens is 336 g/mol. The molecule has 1 N–H and O–H groups in total. The topological polar surface area (TPSA) is 68.3 Å². The fraction of sp³-hybridized carbons (Fsp3) is 0.316. The Morgan fingerprint density at radius 1 is 1.32 bits per heavy atom. The molecule has 0 fully saturated rings. The summed E-state index contributed by atoms with van der Waals surface area (Å²) in [5.41, 5.74) is 1.36. The number of rotatable bonds is 6. The van der Waals surface area contributed by atoms with Crippen molar-refractivity contribution in [3.8, 4) is 11.3 Å². The monoisotopic (exact) mass is 356 g/mol. The molecule has 0 saturated heterocycles. The second kappa shape index (κ2) is 8.07. The molecule has 1 aliphatic carbocycles. The van der Waals surface area contributed by atoms with Crippen molar-refractivity contribution in [2.75, 3.05) is 11.9 Å². The number of carbonyl (C=O) groups excluding carboxylic acids is 2. The number of esters is 1. The van der Waals surface area contributed by atoms with Crippen LogP contribution in [0.15, 0.2) is 42.5 Å². The van der Waals surface area contributed by atoms with Gasteiger partial charge in [-0.05, 0) is 25.7 Å². The van der Waals surface area contributed by atoms with Crippen LogP contribution in [0.3, 0.4) is 0 Å². The van der Waals surface area contributed by atoms with E-state index in [0.29, 0.717) is 28.7 Å². The average Bonchev–Trinajstić information content (AvgIpc) is 3.25. The van der Waals surface area contributed by atoms with E-state index in [0.717, 1.165) is 29.7 Å². The number of benzene rings is 1. The number of aromatic nitrogens is 1. The Balaban J connectivity index is 1.81. The van der Waals surface area contributed by atoms with Crippen LogP contribution in [0.5, 0.6) is 0 Å². The van der Waals surface area contributed by atoms with Gasteiger partial charge in [0, 0.05) is 12.0 Å². The lowest BCUT2D eigenvalue weighted by Crippen LogP contribution is -2.14. The highest BCUT2D eigenvalue weighted by Gasteiger charge is 2.22. The number of anilines is 1. The smallest absolute Gasteiger partial charge is 0.350 e. The number of carbonyl (C=O) groups is 2. The summed E-state index contributed by atoms with van der Waals surface area (Å²) in [4.78, 5) is 29.3. The number of hydrogen-bond acceptors (Lipinski definition) is 5. The molecular formula is C19H20N2O3S. The van der Waals surface area contributed by atoms with Crippen molar-refractivity contribution >= 4 is 28.3 Å². The predicted molar refractivity (Wildman–Crippen MR) is 98.6 cm³/mol. The van der Waals surface area contributed by atoms with Gasteiger partial charge in [-0.2, -0.15) is 0 Å². The molecule has 1 unspecified atom stereocenters. The van der Waals surface area contributed by atoms with Crippen molar-refractivity contribution in [3.63, 3.8) is 0 Å². The minimum absolute atomic E-state index is 0.0830. The molecule has 1 aromatic heterocycles. The van der Waals surface area contributed by atoms with Crippen LogP contribution in [0.1, 0.15) is 35.9 Å². The summed E-state index contributed by atoms with van der Waals surface area (Å²) >= 11 is 1.15. The quantitative estimate of drug-likeness (QED) is 0.619. The van der Waals surface area contributed by atoms with Gasteiger partial charge in [-0.3, -0.25) is 4.79 Å². The number of ether oxygens (including phenoxy) is 1. The summed E-state index contributed by atoms with van der Waals surface area (Å²) < 4.78 is 5.13. The van der Waals surface area contributed by atoms with Gasteiger partial charge in [0.25, 0.3) is 0 Å². The highest BCUT2D eigenvalue weighted by Crippen LogP contribution is 2.32. The zero-order valence-corrected chi connectivity index (χ0v) is 14.8. The van der Waals surface area contributed by atoms with Gasteiger partial charge in [-0.15, -0.1) is 0 Å². The van der Waals surface area contributed by atoms with Crippen LogP contribution in [-0.4, -0.2) is 23.5 Å². The molecule has 0 aliphatic heterocycles. The molecule has 5 nitrogen and oxygen atoms in total. The van der Waals surface area contributed by atoms with E-state index < -0.39 is 5.97 Å². The second-order valence-electron chi connectivity index (χ2n) is 5.80. The molecule has 25 heavy (non-hydrogen) atoms. The van der Waals surface area contributed by atoms with Crippen LogP contribution < -0.4 is 5.32 Å². The van der Waals surface area contributed by atoms with Crippen LogP contribution in [-0.2, 0) is 9.53 Å². The van der Waals surface area contributed by atoms with Crippen molar-refractivity contribution in [3.05, 3.63) is 47.4 Å². The molecule has 2 aromatic rings. The Hall–Kier alpha value is -2.47. The third-order valence-electron chi connectivity index (χ3n) is 3.94. The van der Waals surface area contributed by atoms with Gasteiger partial charge < -0.3 is 10.1 Å². The van der Waals surface area contributed by atoms with E-state index >= 15 is 0 Å². The molecule has 0 saturated carbocycles. The van der Waals surface area contributed by atoms with E-state index in [1.165, 1.54) is 0 Å². The number of nitrogens with one attached hydrogen (secondary N) is 1. The molecule has 0 spiro atoms. The van der Waals surface area contributed by atoms with Gasteiger partial charge in [0.1, 0.15) is 4.88 Å². The van der Waals surface area contributed by atoms with Crippen LogP contribution in [0.4, 0.5) is 5.13 Å². The lowest BCUT2D eigenvalue weighted by atomic mass is 10.1.